The van der Waals surface area contributed by atoms with Crippen molar-refractivity contribution in [1.29, 1.82) is 0 Å². The van der Waals surface area contributed by atoms with Crippen LogP contribution in [0.5, 0.6) is 5.75 Å². The van der Waals surface area contributed by atoms with Crippen molar-refractivity contribution < 1.29 is 13.2 Å². The molecule has 4 rings (SSSR count). The summed E-state index contributed by atoms with van der Waals surface area (Å²) < 4.78 is 31.7. The lowest BCUT2D eigenvalue weighted by Crippen LogP contribution is -2.07. The van der Waals surface area contributed by atoms with E-state index in [-0.39, 0.29) is 5.75 Å². The van der Waals surface area contributed by atoms with Crippen molar-refractivity contribution in [1.82, 2.24) is 0 Å². The number of aryl methyl sites for hydroxylation is 1. The molecule has 0 saturated carbocycles. The van der Waals surface area contributed by atoms with Crippen LogP contribution in [0.15, 0.2) is 95.9 Å². The molecule has 0 spiro atoms. The molecule has 0 saturated heterocycles. The summed E-state index contributed by atoms with van der Waals surface area (Å²) >= 11 is 0. The number of hydrogen-bond acceptors (Lipinski definition) is 3. The number of ether oxygens (including phenoxy) is 1. The third-order valence-corrected chi connectivity index (χ3v) is 7.28. The van der Waals surface area contributed by atoms with E-state index >= 15 is 0 Å². The first kappa shape index (κ1) is 22.1. The SMILES string of the molecule is CCCc1ccc(CS(=O)(=O)c2ccccc2)cc1OCCc1ccc2ccccc2c1. The molecule has 4 aromatic rings. The zero-order valence-corrected chi connectivity index (χ0v) is 19.1. The van der Waals surface area contributed by atoms with E-state index in [1.807, 2.05) is 30.3 Å². The van der Waals surface area contributed by atoms with Crippen molar-refractivity contribution in [2.45, 2.75) is 36.8 Å². The molecule has 0 fully saturated rings. The van der Waals surface area contributed by atoms with Gasteiger partial charge in [-0.25, -0.2) is 8.42 Å². The number of fused-ring (bicyclic) bond motifs is 1. The third-order valence-electron chi connectivity index (χ3n) is 5.57. The minimum absolute atomic E-state index is 0.0372. The van der Waals surface area contributed by atoms with Crippen molar-refractivity contribution in [3.8, 4) is 5.75 Å². The predicted molar refractivity (Wildman–Crippen MR) is 131 cm³/mol. The summed E-state index contributed by atoms with van der Waals surface area (Å²) in [5.41, 5.74) is 3.09. The molecule has 4 heteroatoms. The minimum atomic E-state index is -3.40. The van der Waals surface area contributed by atoms with Crippen LogP contribution < -0.4 is 4.74 Å². The Morgan fingerprint density at radius 2 is 1.44 bits per heavy atom. The second kappa shape index (κ2) is 10.0. The van der Waals surface area contributed by atoms with Gasteiger partial charge in [0.25, 0.3) is 0 Å². The Morgan fingerprint density at radius 1 is 0.719 bits per heavy atom. The first-order chi connectivity index (χ1) is 15.5. The van der Waals surface area contributed by atoms with Gasteiger partial charge < -0.3 is 4.74 Å². The van der Waals surface area contributed by atoms with E-state index in [2.05, 4.69) is 43.3 Å². The largest absolute Gasteiger partial charge is 0.493 e. The lowest BCUT2D eigenvalue weighted by molar-refractivity contribution is 0.318. The van der Waals surface area contributed by atoms with E-state index in [0.717, 1.165) is 36.1 Å². The fourth-order valence-corrected chi connectivity index (χ4v) is 5.26. The molecular formula is C28H28O3S. The fourth-order valence-electron chi connectivity index (χ4n) is 3.90. The Balaban J connectivity index is 1.48. The summed E-state index contributed by atoms with van der Waals surface area (Å²) in [5.74, 6) is 0.748. The summed E-state index contributed by atoms with van der Waals surface area (Å²) in [6.45, 7) is 2.68. The van der Waals surface area contributed by atoms with Crippen LogP contribution in [-0.2, 0) is 28.4 Å². The molecule has 164 valence electrons. The van der Waals surface area contributed by atoms with Crippen LogP contribution in [0.3, 0.4) is 0 Å². The average molecular weight is 445 g/mol. The van der Waals surface area contributed by atoms with Crippen molar-refractivity contribution in [3.05, 3.63) is 108 Å². The van der Waals surface area contributed by atoms with Crippen molar-refractivity contribution >= 4 is 20.6 Å². The Kier molecular flexibility index (Phi) is 6.91. The number of rotatable bonds is 9. The van der Waals surface area contributed by atoms with Gasteiger partial charge in [-0.15, -0.1) is 0 Å². The number of benzene rings is 4. The molecule has 0 bridgehead atoms. The molecule has 0 aliphatic heterocycles. The zero-order valence-electron chi connectivity index (χ0n) is 18.3. The first-order valence-electron chi connectivity index (χ1n) is 11.1. The molecule has 4 aromatic carbocycles. The van der Waals surface area contributed by atoms with Gasteiger partial charge in [0, 0.05) is 6.42 Å². The highest BCUT2D eigenvalue weighted by Crippen LogP contribution is 2.25. The van der Waals surface area contributed by atoms with Gasteiger partial charge in [0.1, 0.15) is 5.75 Å². The van der Waals surface area contributed by atoms with E-state index in [1.54, 1.807) is 24.3 Å². The second-order valence-electron chi connectivity index (χ2n) is 8.04. The highest BCUT2D eigenvalue weighted by molar-refractivity contribution is 7.90. The van der Waals surface area contributed by atoms with E-state index in [0.29, 0.717) is 11.5 Å². The summed E-state index contributed by atoms with van der Waals surface area (Å²) in [5, 5.41) is 2.46. The van der Waals surface area contributed by atoms with Gasteiger partial charge in [0.15, 0.2) is 9.84 Å². The molecule has 0 N–H and O–H groups in total. The zero-order chi connectivity index (χ0) is 22.4. The van der Waals surface area contributed by atoms with Crippen molar-refractivity contribution in [2.75, 3.05) is 6.61 Å². The van der Waals surface area contributed by atoms with Crippen LogP contribution in [0.4, 0.5) is 0 Å². The maximum atomic E-state index is 12.8. The summed E-state index contributed by atoms with van der Waals surface area (Å²) in [6.07, 6.45) is 2.70. The molecule has 0 atom stereocenters. The van der Waals surface area contributed by atoms with E-state index in [4.69, 9.17) is 4.74 Å². The fraction of sp³-hybridized carbons (Fsp3) is 0.214. The highest BCUT2D eigenvalue weighted by atomic mass is 32.2. The summed E-state index contributed by atoms with van der Waals surface area (Å²) in [6, 6.07) is 29.2. The summed E-state index contributed by atoms with van der Waals surface area (Å²) in [4.78, 5) is 0.344. The number of sulfone groups is 1. The predicted octanol–water partition coefficient (Wildman–Crippen LogP) is 6.39. The molecule has 0 radical (unpaired) electrons. The molecule has 0 amide bonds. The van der Waals surface area contributed by atoms with E-state index in [1.165, 1.54) is 16.3 Å². The Morgan fingerprint density at radius 3 is 2.22 bits per heavy atom. The molecular weight excluding hydrogens is 416 g/mol. The molecule has 3 nitrogen and oxygen atoms in total. The molecule has 0 aliphatic rings. The van der Waals surface area contributed by atoms with Crippen molar-refractivity contribution in [2.24, 2.45) is 0 Å². The summed E-state index contributed by atoms with van der Waals surface area (Å²) in [7, 11) is -3.40. The van der Waals surface area contributed by atoms with Crippen LogP contribution in [0.2, 0.25) is 0 Å². The Bertz CT molecular complexity index is 1290. The van der Waals surface area contributed by atoms with Crippen LogP contribution in [0, 0.1) is 0 Å². The van der Waals surface area contributed by atoms with Crippen LogP contribution in [0.1, 0.15) is 30.0 Å². The first-order valence-corrected chi connectivity index (χ1v) is 12.7. The van der Waals surface area contributed by atoms with Crippen molar-refractivity contribution in [3.63, 3.8) is 0 Å². The third kappa shape index (κ3) is 5.38. The van der Waals surface area contributed by atoms with Crippen LogP contribution >= 0.6 is 0 Å². The van der Waals surface area contributed by atoms with E-state index in [9.17, 15) is 8.42 Å². The topological polar surface area (TPSA) is 43.4 Å². The maximum absolute atomic E-state index is 12.8. The van der Waals surface area contributed by atoms with Gasteiger partial charge in [0.05, 0.1) is 17.3 Å². The molecule has 0 aliphatic carbocycles. The number of hydrogen-bond donors (Lipinski definition) is 0. The standard InChI is InChI=1S/C28H28O3S/c1-2-8-25-16-14-23(21-32(29,30)27-11-4-3-5-12-27)20-28(25)31-18-17-22-13-15-24-9-6-7-10-26(24)19-22/h3-7,9-16,19-20H,2,8,17-18,21H2,1H3. The second-order valence-corrected chi connectivity index (χ2v) is 10.0. The maximum Gasteiger partial charge on any atom is 0.182 e. The van der Waals surface area contributed by atoms with Crippen LogP contribution in [0.25, 0.3) is 10.8 Å². The molecule has 0 aromatic heterocycles. The monoisotopic (exact) mass is 444 g/mol. The van der Waals surface area contributed by atoms with Gasteiger partial charge in [-0.3, -0.25) is 0 Å². The van der Waals surface area contributed by atoms with Gasteiger partial charge >= 0.3 is 0 Å². The highest BCUT2D eigenvalue weighted by Gasteiger charge is 2.16. The van der Waals surface area contributed by atoms with Gasteiger partial charge in [-0.1, -0.05) is 86.1 Å². The lowest BCUT2D eigenvalue weighted by atomic mass is 10.1. The van der Waals surface area contributed by atoms with Gasteiger partial charge in [-0.05, 0) is 52.1 Å². The quantitative estimate of drug-likeness (QED) is 0.300. The van der Waals surface area contributed by atoms with Gasteiger partial charge in [-0.2, -0.15) is 0 Å². The lowest BCUT2D eigenvalue weighted by Gasteiger charge is -2.14. The Labute approximate surface area is 190 Å². The van der Waals surface area contributed by atoms with Crippen LogP contribution in [-0.4, -0.2) is 15.0 Å². The molecule has 32 heavy (non-hydrogen) atoms. The Hall–Kier alpha value is -3.11. The van der Waals surface area contributed by atoms with Gasteiger partial charge in [0.2, 0.25) is 0 Å². The normalized spacial score (nSPS) is 11.5. The molecule has 0 unspecified atom stereocenters. The molecule has 0 heterocycles. The van der Waals surface area contributed by atoms with E-state index < -0.39 is 9.84 Å². The average Bonchev–Trinajstić information content (AvgIpc) is 2.81. The minimum Gasteiger partial charge on any atom is -0.493 e. The smallest absolute Gasteiger partial charge is 0.182 e.